The van der Waals surface area contributed by atoms with Crippen LogP contribution in [0.5, 0.6) is 0 Å². The average molecular weight is 364 g/mol. The molecule has 0 aliphatic carbocycles. The number of aliphatic hydroxyl groups is 2. The van der Waals surface area contributed by atoms with Crippen LogP contribution in [0.1, 0.15) is 33.6 Å². The van der Waals surface area contributed by atoms with Crippen LogP contribution in [0.4, 0.5) is 0 Å². The molecule has 3 rings (SSSR count). The van der Waals surface area contributed by atoms with Crippen LogP contribution in [-0.2, 0) is 23.8 Å². The fraction of sp³-hybridized carbons (Fsp3) is 0.579. The Morgan fingerprint density at radius 2 is 2.08 bits per heavy atom. The molecule has 142 valence electrons. The van der Waals surface area contributed by atoms with E-state index >= 15 is 0 Å². The van der Waals surface area contributed by atoms with Crippen LogP contribution in [0.15, 0.2) is 36.0 Å². The molecule has 0 aromatic rings. The maximum absolute atomic E-state index is 12.1. The Bertz CT molecular complexity index is 723. The summed E-state index contributed by atoms with van der Waals surface area (Å²) in [5.74, 6) is -3.52. The van der Waals surface area contributed by atoms with Gasteiger partial charge in [0.1, 0.15) is 12.2 Å². The van der Waals surface area contributed by atoms with E-state index in [0.29, 0.717) is 5.57 Å². The number of carbonyl (C=O) groups excluding carboxylic acids is 2. The number of carbonyl (C=O) groups is 2. The van der Waals surface area contributed by atoms with Crippen molar-refractivity contribution < 1.29 is 34.0 Å². The molecule has 7 heteroatoms. The first-order chi connectivity index (χ1) is 12.0. The molecule has 0 amide bonds. The van der Waals surface area contributed by atoms with Crippen molar-refractivity contribution in [2.45, 2.75) is 63.3 Å². The van der Waals surface area contributed by atoms with Crippen molar-refractivity contribution in [1.82, 2.24) is 0 Å². The van der Waals surface area contributed by atoms with Gasteiger partial charge in [0, 0.05) is 24.0 Å². The maximum atomic E-state index is 12.1. The third-order valence-electron chi connectivity index (χ3n) is 5.48. The predicted molar refractivity (Wildman–Crippen MR) is 90.6 cm³/mol. The summed E-state index contributed by atoms with van der Waals surface area (Å²) in [4.78, 5) is 24.2. The summed E-state index contributed by atoms with van der Waals surface area (Å²) in [6.07, 6.45) is -0.957. The summed E-state index contributed by atoms with van der Waals surface area (Å²) in [5, 5.41) is 21.3. The molecular formula is C19H24O7. The molecule has 0 spiro atoms. The minimum Gasteiger partial charge on any atom is -0.458 e. The Kier molecular flexibility index (Phi) is 4.37. The second-order valence-electron chi connectivity index (χ2n) is 7.62. The fourth-order valence-electron chi connectivity index (χ4n) is 3.83. The molecule has 2 N–H and O–H groups in total. The summed E-state index contributed by atoms with van der Waals surface area (Å²) in [6, 6.07) is 0. The van der Waals surface area contributed by atoms with Gasteiger partial charge in [0.25, 0.3) is 0 Å². The van der Waals surface area contributed by atoms with Crippen LogP contribution in [0.3, 0.4) is 0 Å². The van der Waals surface area contributed by atoms with Crippen molar-refractivity contribution in [1.29, 1.82) is 0 Å². The van der Waals surface area contributed by atoms with Crippen molar-refractivity contribution in [3.63, 3.8) is 0 Å². The van der Waals surface area contributed by atoms with Gasteiger partial charge in [-0.25, -0.2) is 9.59 Å². The van der Waals surface area contributed by atoms with E-state index in [2.05, 4.69) is 13.2 Å². The van der Waals surface area contributed by atoms with Gasteiger partial charge < -0.3 is 24.4 Å². The normalized spacial score (nSPS) is 44.1. The quantitative estimate of drug-likeness (QED) is 0.430. The predicted octanol–water partition coefficient (Wildman–Crippen LogP) is 1.15. The van der Waals surface area contributed by atoms with Gasteiger partial charge >= 0.3 is 11.9 Å². The first-order valence-electron chi connectivity index (χ1n) is 8.52. The van der Waals surface area contributed by atoms with Crippen LogP contribution in [0, 0.1) is 5.92 Å². The number of hydrogen-bond acceptors (Lipinski definition) is 7. The Hall–Kier alpha value is -1.96. The van der Waals surface area contributed by atoms with Crippen molar-refractivity contribution in [2.24, 2.45) is 5.92 Å². The van der Waals surface area contributed by atoms with Gasteiger partial charge in [-0.3, -0.25) is 0 Å². The maximum Gasteiger partial charge on any atom is 0.334 e. The van der Waals surface area contributed by atoms with E-state index in [9.17, 15) is 19.8 Å². The largest absolute Gasteiger partial charge is 0.458 e. The summed E-state index contributed by atoms with van der Waals surface area (Å²) in [7, 11) is 0. The Balaban J connectivity index is 2.08. The molecule has 6 atom stereocenters. The second kappa shape index (κ2) is 6.04. The molecule has 3 aliphatic rings. The molecule has 2 saturated heterocycles. The van der Waals surface area contributed by atoms with Crippen LogP contribution < -0.4 is 0 Å². The van der Waals surface area contributed by atoms with E-state index in [1.807, 2.05) is 0 Å². The van der Waals surface area contributed by atoms with E-state index in [0.717, 1.165) is 0 Å². The summed E-state index contributed by atoms with van der Waals surface area (Å²) < 4.78 is 16.8. The lowest BCUT2D eigenvalue weighted by Crippen LogP contribution is -2.44. The van der Waals surface area contributed by atoms with Gasteiger partial charge in [-0.1, -0.05) is 13.2 Å². The molecule has 0 aromatic carbocycles. The SMILES string of the molecule is C=C(C)C(=O)O[C@@H]1C[C@]2(C)O[C@@](O)(C[C@@H]2O)/C(C)=C\[C@H]2OC(=O)C(=C)[C@@H]21. The number of aliphatic hydroxyl groups excluding tert-OH is 1. The van der Waals surface area contributed by atoms with Gasteiger partial charge in [-0.15, -0.1) is 0 Å². The highest BCUT2D eigenvalue weighted by molar-refractivity contribution is 5.91. The first kappa shape index (κ1) is 18.8. The minimum absolute atomic E-state index is 0.0285. The van der Waals surface area contributed by atoms with E-state index < -0.39 is 47.6 Å². The number of esters is 2. The molecule has 26 heavy (non-hydrogen) atoms. The monoisotopic (exact) mass is 364 g/mol. The zero-order valence-corrected chi connectivity index (χ0v) is 15.2. The summed E-state index contributed by atoms with van der Waals surface area (Å²) in [6.45, 7) is 12.2. The lowest BCUT2D eigenvalue weighted by Gasteiger charge is -2.34. The van der Waals surface area contributed by atoms with Crippen molar-refractivity contribution in [3.05, 3.63) is 36.0 Å². The highest BCUT2D eigenvalue weighted by Gasteiger charge is 2.58. The number of ether oxygens (including phenoxy) is 3. The number of rotatable bonds is 2. The molecule has 2 fully saturated rings. The second-order valence-corrected chi connectivity index (χ2v) is 7.62. The third kappa shape index (κ3) is 2.90. The van der Waals surface area contributed by atoms with Crippen molar-refractivity contribution >= 4 is 11.9 Å². The first-order valence-corrected chi connectivity index (χ1v) is 8.52. The molecule has 3 aliphatic heterocycles. The van der Waals surface area contributed by atoms with Crippen LogP contribution >= 0.6 is 0 Å². The van der Waals surface area contributed by atoms with Gasteiger partial charge in [0.15, 0.2) is 5.79 Å². The van der Waals surface area contributed by atoms with Crippen LogP contribution in [0.25, 0.3) is 0 Å². The van der Waals surface area contributed by atoms with Crippen molar-refractivity contribution in [3.8, 4) is 0 Å². The minimum atomic E-state index is -1.68. The topological polar surface area (TPSA) is 102 Å². The van der Waals surface area contributed by atoms with Gasteiger partial charge in [-0.05, 0) is 32.4 Å². The Morgan fingerprint density at radius 3 is 2.69 bits per heavy atom. The van der Waals surface area contributed by atoms with E-state index in [1.54, 1.807) is 19.9 Å². The van der Waals surface area contributed by atoms with Crippen molar-refractivity contribution in [2.75, 3.05) is 0 Å². The molecule has 0 unspecified atom stereocenters. The number of fused-ring (bicyclic) bond motifs is 3. The standard InChI is InChI=1S/C19H24O7/c1-9(2)16(21)25-13-7-18(5)14(20)8-19(23,26-18)10(3)6-12-15(13)11(4)17(22)24-12/h6,12-15,20,23H,1,4,7-8H2,2-3,5H3/b10-6-/t12-,13-,14+,15+,18+,19+/m1/s1. The molecule has 0 saturated carbocycles. The molecular weight excluding hydrogens is 340 g/mol. The van der Waals surface area contributed by atoms with Gasteiger partial charge in [-0.2, -0.15) is 0 Å². The van der Waals surface area contributed by atoms with Gasteiger partial charge in [0.05, 0.1) is 17.6 Å². The Morgan fingerprint density at radius 1 is 1.42 bits per heavy atom. The molecule has 7 nitrogen and oxygen atoms in total. The molecule has 0 radical (unpaired) electrons. The van der Waals surface area contributed by atoms with Crippen LogP contribution in [-0.4, -0.2) is 51.9 Å². The van der Waals surface area contributed by atoms with E-state index in [-0.39, 0.29) is 24.0 Å². The number of hydrogen-bond donors (Lipinski definition) is 2. The molecule has 3 heterocycles. The highest BCUT2D eigenvalue weighted by Crippen LogP contribution is 2.47. The van der Waals surface area contributed by atoms with Crippen LogP contribution in [0.2, 0.25) is 0 Å². The molecule has 2 bridgehead atoms. The average Bonchev–Trinajstić information content (AvgIpc) is 2.93. The zero-order valence-electron chi connectivity index (χ0n) is 15.2. The lowest BCUT2D eigenvalue weighted by molar-refractivity contribution is -0.208. The fourth-order valence-corrected chi connectivity index (χ4v) is 3.83. The summed E-state index contributed by atoms with van der Waals surface area (Å²) >= 11 is 0. The lowest BCUT2D eigenvalue weighted by atomic mass is 9.80. The van der Waals surface area contributed by atoms with Gasteiger partial charge in [0.2, 0.25) is 0 Å². The van der Waals surface area contributed by atoms with E-state index in [4.69, 9.17) is 14.2 Å². The zero-order chi connectivity index (χ0) is 19.4. The van der Waals surface area contributed by atoms with E-state index in [1.165, 1.54) is 6.92 Å². The summed E-state index contributed by atoms with van der Waals surface area (Å²) in [5.41, 5.74) is -0.366. The highest BCUT2D eigenvalue weighted by atomic mass is 16.7. The molecule has 0 aromatic heterocycles. The Labute approximate surface area is 151 Å². The smallest absolute Gasteiger partial charge is 0.334 e. The third-order valence-corrected chi connectivity index (χ3v) is 5.48.